The molecule has 0 aliphatic carbocycles. The van der Waals surface area contributed by atoms with E-state index in [4.69, 9.17) is 7.48 Å². The molecule has 0 aromatic heterocycles. The summed E-state index contributed by atoms with van der Waals surface area (Å²) >= 11 is 1.24. The van der Waals surface area contributed by atoms with Crippen LogP contribution >= 0.6 is 11.8 Å². The van der Waals surface area contributed by atoms with Crippen molar-refractivity contribution in [2.45, 2.75) is 18.7 Å². The normalized spacial score (nSPS) is 13.4. The molecule has 0 N–H and O–H groups in total. The van der Waals surface area contributed by atoms with E-state index in [0.29, 0.717) is 0 Å². The van der Waals surface area contributed by atoms with Gasteiger partial charge in [0.05, 0.1) is 7.11 Å². The average molecular weight is 233 g/mol. The minimum absolute atomic E-state index is 0.825. The zero-order valence-corrected chi connectivity index (χ0v) is 10.5. The summed E-state index contributed by atoms with van der Waals surface area (Å²) in [6.07, 6.45) is 0. The molecule has 0 aliphatic rings. The van der Waals surface area contributed by atoms with Gasteiger partial charge in [0.1, 0.15) is 5.75 Å². The molecular formula is C14H16OS. The molecule has 16 heavy (non-hydrogen) atoms. The van der Waals surface area contributed by atoms with Gasteiger partial charge in [-0.2, -0.15) is 0 Å². The second kappa shape index (κ2) is 4.79. The van der Waals surface area contributed by atoms with E-state index >= 15 is 0 Å². The quantitative estimate of drug-likeness (QED) is 0.578. The number of rotatable bonds is 3. The summed E-state index contributed by atoms with van der Waals surface area (Å²) in [7, 11) is 1.65. The molecule has 0 fully saturated rings. The third-order valence-electron chi connectivity index (χ3n) is 2.52. The highest BCUT2D eigenvalue weighted by molar-refractivity contribution is 7.99. The summed E-state index contributed by atoms with van der Waals surface area (Å²) in [5.41, 5.74) is -0.125. The lowest BCUT2D eigenvalue weighted by Gasteiger charge is -2.10. The first-order valence-electron chi connectivity index (χ1n) is 6.17. The number of hydrogen-bond donors (Lipinski definition) is 0. The average Bonchev–Trinajstić information content (AvgIpc) is 2.28. The second-order valence-corrected chi connectivity index (χ2v) is 4.67. The van der Waals surface area contributed by atoms with Crippen LogP contribution in [0.4, 0.5) is 0 Å². The molecule has 0 aliphatic heterocycles. The SMILES string of the molecule is [1H][13C]([1H])(C)Sc1ccc(OC)c2ccc(C)cc12. The largest absolute Gasteiger partial charge is 0.496 e. The highest BCUT2D eigenvalue weighted by Crippen LogP contribution is 2.34. The lowest BCUT2D eigenvalue weighted by Crippen LogP contribution is -1.87. The number of fused-ring (bicyclic) bond motifs is 1. The zero-order valence-electron chi connectivity index (χ0n) is 11.7. The smallest absolute Gasteiger partial charge is 0.126 e. The van der Waals surface area contributed by atoms with E-state index in [9.17, 15) is 0 Å². The molecule has 0 saturated carbocycles. The molecule has 2 aromatic carbocycles. The van der Waals surface area contributed by atoms with Crippen LogP contribution in [-0.2, 0) is 0 Å². The lowest BCUT2D eigenvalue weighted by molar-refractivity contribution is 0.419. The van der Waals surface area contributed by atoms with Gasteiger partial charge < -0.3 is 4.74 Å². The Morgan fingerprint density at radius 1 is 1.25 bits per heavy atom. The summed E-state index contributed by atoms with van der Waals surface area (Å²) in [5, 5.41) is 2.07. The van der Waals surface area contributed by atoms with Crippen molar-refractivity contribution in [3.63, 3.8) is 0 Å². The third kappa shape index (κ3) is 2.03. The Kier molecular flexibility index (Phi) is 2.68. The Morgan fingerprint density at radius 2 is 2.06 bits per heavy atom. The molecule has 0 radical (unpaired) electrons. The van der Waals surface area contributed by atoms with Crippen LogP contribution in [0.15, 0.2) is 35.2 Å². The monoisotopic (exact) mass is 233 g/mol. The third-order valence-corrected chi connectivity index (χ3v) is 3.30. The van der Waals surface area contributed by atoms with Gasteiger partial charge in [0, 0.05) is 13.0 Å². The van der Waals surface area contributed by atoms with Crippen molar-refractivity contribution >= 4 is 22.5 Å². The van der Waals surface area contributed by atoms with Crippen LogP contribution in [0.3, 0.4) is 0 Å². The molecule has 0 unspecified atom stereocenters. The molecule has 84 valence electrons. The molecule has 1 nitrogen and oxygen atoms in total. The van der Waals surface area contributed by atoms with Gasteiger partial charge in [-0.05, 0) is 30.1 Å². The first kappa shape index (κ1) is 8.94. The minimum atomic E-state index is -1.29. The fourth-order valence-corrected chi connectivity index (χ4v) is 2.42. The molecular weight excluding hydrogens is 217 g/mol. The molecule has 0 amide bonds. The Hall–Kier alpha value is -1.15. The summed E-state index contributed by atoms with van der Waals surface area (Å²) in [4.78, 5) is 0.946. The number of hydrogen-bond acceptors (Lipinski definition) is 2. The molecule has 0 saturated heterocycles. The van der Waals surface area contributed by atoms with Crippen molar-refractivity contribution in [2.24, 2.45) is 0 Å². The predicted molar refractivity (Wildman–Crippen MR) is 71.6 cm³/mol. The topological polar surface area (TPSA) is 9.23 Å². The standard InChI is InChI=1S/C14H16OS/c1-4-16-14-8-7-13(15-3)11-6-5-10(2)9-12(11)14/h5-9H,4H2,1-3H3/i4+1H2. The number of benzene rings is 2. The van der Waals surface area contributed by atoms with Crippen molar-refractivity contribution in [3.8, 4) is 5.75 Å². The van der Waals surface area contributed by atoms with Gasteiger partial charge in [-0.3, -0.25) is 0 Å². The maximum absolute atomic E-state index is 7.70. The number of aryl methyl sites for hydroxylation is 1. The van der Waals surface area contributed by atoms with Gasteiger partial charge in [0.2, 0.25) is 0 Å². The number of methoxy groups -OCH3 is 1. The number of thioether (sulfide) groups is 1. The van der Waals surface area contributed by atoms with Crippen LogP contribution < -0.4 is 4.74 Å². The molecule has 2 aromatic rings. The van der Waals surface area contributed by atoms with E-state index in [-0.39, 0.29) is 0 Å². The van der Waals surface area contributed by atoms with Gasteiger partial charge in [-0.25, -0.2) is 0 Å². The first-order valence-corrected chi connectivity index (χ1v) is 5.99. The maximum Gasteiger partial charge on any atom is 0.126 e. The first-order chi connectivity index (χ1) is 8.40. The van der Waals surface area contributed by atoms with E-state index in [0.717, 1.165) is 27.0 Å². The molecule has 2 heteroatoms. The van der Waals surface area contributed by atoms with E-state index < -0.39 is 5.70 Å². The van der Waals surface area contributed by atoms with Crippen LogP contribution in [0.1, 0.15) is 15.2 Å². The summed E-state index contributed by atoms with van der Waals surface area (Å²) in [6, 6.07) is 9.96. The van der Waals surface area contributed by atoms with Crippen molar-refractivity contribution in [2.75, 3.05) is 12.8 Å². The van der Waals surface area contributed by atoms with Crippen molar-refractivity contribution in [1.82, 2.24) is 0 Å². The Morgan fingerprint density at radius 3 is 2.75 bits per heavy atom. The summed E-state index contributed by atoms with van der Waals surface area (Å²) < 4.78 is 20.7. The van der Waals surface area contributed by atoms with Gasteiger partial charge >= 0.3 is 0 Å². The number of ether oxygens (including phenoxy) is 1. The van der Waals surface area contributed by atoms with Crippen molar-refractivity contribution < 1.29 is 7.48 Å². The Balaban J connectivity index is 2.64. The molecule has 0 spiro atoms. The van der Waals surface area contributed by atoms with E-state index in [2.05, 4.69) is 6.07 Å². The van der Waals surface area contributed by atoms with E-state index in [1.54, 1.807) is 14.0 Å². The highest BCUT2D eigenvalue weighted by Gasteiger charge is 2.06. The van der Waals surface area contributed by atoms with Crippen LogP contribution in [0.2, 0.25) is 0 Å². The van der Waals surface area contributed by atoms with Gasteiger partial charge in [0.15, 0.2) is 0 Å². The van der Waals surface area contributed by atoms with Crippen LogP contribution in [0.5, 0.6) is 5.75 Å². The maximum atomic E-state index is 7.70. The van der Waals surface area contributed by atoms with Gasteiger partial charge in [-0.1, -0.05) is 30.7 Å². The van der Waals surface area contributed by atoms with Crippen molar-refractivity contribution in [3.05, 3.63) is 35.9 Å². The zero-order chi connectivity index (χ0) is 13.3. The predicted octanol–water partition coefficient (Wildman–Crippen LogP) is 4.27. The second-order valence-electron chi connectivity index (χ2n) is 3.62. The Labute approximate surface area is 104 Å². The van der Waals surface area contributed by atoms with Crippen LogP contribution in [0.25, 0.3) is 10.8 Å². The van der Waals surface area contributed by atoms with E-state index in [1.807, 2.05) is 31.2 Å². The van der Waals surface area contributed by atoms with Crippen molar-refractivity contribution in [1.29, 1.82) is 0 Å². The molecule has 0 bridgehead atoms. The molecule has 0 atom stereocenters. The van der Waals surface area contributed by atoms with Gasteiger partial charge in [-0.15, -0.1) is 11.8 Å². The fraction of sp³-hybridized carbons (Fsp3) is 0.286. The lowest BCUT2D eigenvalue weighted by atomic mass is 10.1. The van der Waals surface area contributed by atoms with E-state index in [1.165, 1.54) is 11.8 Å². The molecule has 2 rings (SSSR count). The summed E-state index contributed by atoms with van der Waals surface area (Å²) in [6.45, 7) is 3.61. The Bertz CT molecular complexity index is 576. The van der Waals surface area contributed by atoms with Crippen LogP contribution in [-0.4, -0.2) is 12.8 Å². The van der Waals surface area contributed by atoms with Crippen LogP contribution in [0, 0.1) is 6.92 Å². The highest BCUT2D eigenvalue weighted by atomic mass is 32.2. The molecule has 0 heterocycles. The fourth-order valence-electron chi connectivity index (χ4n) is 1.78. The summed E-state index contributed by atoms with van der Waals surface area (Å²) in [5.74, 6) is 0.825. The minimum Gasteiger partial charge on any atom is -0.496 e. The van der Waals surface area contributed by atoms with Gasteiger partial charge in [0.25, 0.3) is 0 Å².